The number of alkyl carbamates (subject to hydrolysis) is 1. The lowest BCUT2D eigenvalue weighted by Crippen LogP contribution is -2.59. The standard InChI is InChI=1S/C39H58N6O8/c1-24(2)23-53-39(52)43-33(28-14-10-7-11-15-28)38(51)45(5)30(21-26-18-19-26)35(48)41-29(20-25-16-17-25)34(47)36(49)40-22-31(46)42-32(37(50)44(3)4)27-12-8-6-9-13-27/h6,8-9,12-13,24-26,28-30,32-33H,7,10-11,14-23H2,1-5H3,(H,40,49)(H,41,48)(H,42,46)(H,43,52)/t29?,30-,32?,33-/m0/s1. The summed E-state index contributed by atoms with van der Waals surface area (Å²) in [6.45, 7) is 3.49. The molecule has 0 aromatic heterocycles. The van der Waals surface area contributed by atoms with Crippen LogP contribution in [0.2, 0.25) is 0 Å². The normalized spacial score (nSPS) is 18.1. The highest BCUT2D eigenvalue weighted by Gasteiger charge is 2.41. The summed E-state index contributed by atoms with van der Waals surface area (Å²) < 4.78 is 5.36. The van der Waals surface area contributed by atoms with Gasteiger partial charge in [-0.05, 0) is 54.9 Å². The average molecular weight is 739 g/mol. The molecule has 4 N–H and O–H groups in total. The summed E-state index contributed by atoms with van der Waals surface area (Å²) in [4.78, 5) is 96.1. The van der Waals surface area contributed by atoms with Crippen LogP contribution in [-0.4, -0.2) is 104 Å². The Balaban J connectivity index is 1.43. The van der Waals surface area contributed by atoms with Gasteiger partial charge in [-0.15, -0.1) is 0 Å². The van der Waals surface area contributed by atoms with Crippen molar-refractivity contribution in [3.8, 4) is 0 Å². The molecule has 0 spiro atoms. The van der Waals surface area contributed by atoms with E-state index in [9.17, 15) is 33.6 Å². The van der Waals surface area contributed by atoms with E-state index in [0.717, 1.165) is 57.8 Å². The maximum absolute atomic E-state index is 14.2. The number of ether oxygens (including phenoxy) is 1. The number of nitrogens with zero attached hydrogens (tertiary/aromatic N) is 2. The zero-order chi connectivity index (χ0) is 38.7. The Morgan fingerprint density at radius 3 is 1.98 bits per heavy atom. The van der Waals surface area contributed by atoms with Crippen molar-refractivity contribution in [1.29, 1.82) is 0 Å². The summed E-state index contributed by atoms with van der Waals surface area (Å²) in [5, 5.41) is 10.6. The molecular weight excluding hydrogens is 680 g/mol. The minimum atomic E-state index is -1.16. The zero-order valence-corrected chi connectivity index (χ0v) is 31.9. The molecular formula is C39H58N6O8. The lowest BCUT2D eigenvalue weighted by Gasteiger charge is -2.36. The molecule has 6 amide bonds. The molecule has 14 nitrogen and oxygen atoms in total. The maximum atomic E-state index is 14.2. The molecule has 1 aromatic carbocycles. The third-order valence-corrected chi connectivity index (χ3v) is 10.2. The molecule has 4 rings (SSSR count). The van der Waals surface area contributed by atoms with Crippen LogP contribution in [0.3, 0.4) is 0 Å². The van der Waals surface area contributed by atoms with Crippen molar-refractivity contribution in [2.24, 2.45) is 23.7 Å². The number of Topliss-reactive ketones (excluding diaryl/α,β-unsaturated/α-hetero) is 1. The Morgan fingerprint density at radius 2 is 1.40 bits per heavy atom. The van der Waals surface area contributed by atoms with Gasteiger partial charge in [0.25, 0.3) is 5.91 Å². The van der Waals surface area contributed by atoms with Gasteiger partial charge < -0.3 is 35.8 Å². The highest BCUT2D eigenvalue weighted by Crippen LogP contribution is 2.36. The molecule has 2 unspecified atom stereocenters. The fourth-order valence-electron chi connectivity index (χ4n) is 6.74. The summed E-state index contributed by atoms with van der Waals surface area (Å²) >= 11 is 0. The lowest BCUT2D eigenvalue weighted by molar-refractivity contribution is -0.144. The monoisotopic (exact) mass is 738 g/mol. The molecule has 4 atom stereocenters. The largest absolute Gasteiger partial charge is 0.449 e. The van der Waals surface area contributed by atoms with Gasteiger partial charge >= 0.3 is 6.09 Å². The minimum absolute atomic E-state index is 0.107. The second-order valence-electron chi connectivity index (χ2n) is 15.6. The highest BCUT2D eigenvalue weighted by molar-refractivity contribution is 6.38. The van der Waals surface area contributed by atoms with E-state index in [1.165, 1.54) is 9.80 Å². The maximum Gasteiger partial charge on any atom is 0.407 e. The summed E-state index contributed by atoms with van der Waals surface area (Å²) in [6.07, 6.45) is 7.95. The Hall–Kier alpha value is -4.49. The van der Waals surface area contributed by atoms with Crippen LogP contribution in [0.5, 0.6) is 0 Å². The molecule has 14 heteroatoms. The van der Waals surface area contributed by atoms with Crippen molar-refractivity contribution >= 4 is 41.4 Å². The summed E-state index contributed by atoms with van der Waals surface area (Å²) in [7, 11) is 4.69. The van der Waals surface area contributed by atoms with E-state index in [-0.39, 0.29) is 42.6 Å². The molecule has 1 aromatic rings. The Kier molecular flexibility index (Phi) is 15.2. The number of ketones is 1. The van der Waals surface area contributed by atoms with Gasteiger partial charge in [-0.1, -0.05) is 89.1 Å². The number of carbonyl (C=O) groups excluding carboxylic acids is 7. The first-order valence-electron chi connectivity index (χ1n) is 19.1. The molecule has 3 fully saturated rings. The zero-order valence-electron chi connectivity index (χ0n) is 31.9. The molecule has 0 saturated heterocycles. The molecule has 3 saturated carbocycles. The van der Waals surface area contributed by atoms with Crippen molar-refractivity contribution in [1.82, 2.24) is 31.1 Å². The number of rotatable bonds is 19. The second kappa shape index (κ2) is 19.5. The van der Waals surface area contributed by atoms with Gasteiger partial charge in [0.1, 0.15) is 18.1 Å². The van der Waals surface area contributed by atoms with E-state index in [4.69, 9.17) is 4.74 Å². The van der Waals surface area contributed by atoms with E-state index in [0.29, 0.717) is 12.0 Å². The van der Waals surface area contributed by atoms with Crippen LogP contribution in [0.25, 0.3) is 0 Å². The predicted octanol–water partition coefficient (Wildman–Crippen LogP) is 2.86. The first-order chi connectivity index (χ1) is 25.2. The van der Waals surface area contributed by atoms with Crippen molar-refractivity contribution in [3.05, 3.63) is 35.9 Å². The molecule has 292 valence electrons. The average Bonchev–Trinajstić information content (AvgIpc) is 4.09. The Morgan fingerprint density at radius 1 is 0.774 bits per heavy atom. The van der Waals surface area contributed by atoms with Gasteiger partial charge in [0, 0.05) is 21.1 Å². The third kappa shape index (κ3) is 12.8. The molecule has 3 aliphatic carbocycles. The van der Waals surface area contributed by atoms with Crippen LogP contribution in [0.1, 0.15) is 96.1 Å². The molecule has 53 heavy (non-hydrogen) atoms. The van der Waals surface area contributed by atoms with Crippen LogP contribution in [0.15, 0.2) is 30.3 Å². The van der Waals surface area contributed by atoms with Gasteiger partial charge in [0.2, 0.25) is 29.4 Å². The van der Waals surface area contributed by atoms with Crippen LogP contribution in [0, 0.1) is 23.7 Å². The first kappa shape index (κ1) is 41.3. The van der Waals surface area contributed by atoms with Crippen LogP contribution in [-0.2, 0) is 33.5 Å². The molecule has 0 aliphatic heterocycles. The van der Waals surface area contributed by atoms with Crippen LogP contribution in [0.4, 0.5) is 4.79 Å². The topological polar surface area (TPSA) is 183 Å². The SMILES string of the molecule is CC(C)COC(=O)N[C@H](C(=O)N(C)[C@@H](CC1CC1)C(=O)NC(CC1CC1)C(=O)C(=O)NCC(=O)NC(C(=O)N(C)C)c1ccccc1)C1CCCCC1. The smallest absolute Gasteiger partial charge is 0.407 e. The Bertz CT molecular complexity index is 1450. The lowest BCUT2D eigenvalue weighted by atomic mass is 9.83. The predicted molar refractivity (Wildman–Crippen MR) is 197 cm³/mol. The minimum Gasteiger partial charge on any atom is -0.449 e. The fourth-order valence-corrected chi connectivity index (χ4v) is 6.74. The van der Waals surface area contributed by atoms with Gasteiger partial charge in [0.15, 0.2) is 0 Å². The molecule has 3 aliphatic rings. The van der Waals surface area contributed by atoms with Crippen molar-refractivity contribution < 1.29 is 38.3 Å². The fraction of sp³-hybridized carbons (Fsp3) is 0.667. The van der Waals surface area contributed by atoms with E-state index in [2.05, 4.69) is 21.3 Å². The number of hydrogen-bond donors (Lipinski definition) is 4. The Labute approximate surface area is 312 Å². The number of nitrogens with one attached hydrogen (secondary N) is 4. The first-order valence-corrected chi connectivity index (χ1v) is 19.1. The number of hydrogen-bond acceptors (Lipinski definition) is 8. The van der Waals surface area contributed by atoms with E-state index >= 15 is 0 Å². The number of amides is 6. The number of carbonyl (C=O) groups is 7. The molecule has 0 bridgehead atoms. The summed E-state index contributed by atoms with van der Waals surface area (Å²) in [6, 6.07) is 4.73. The van der Waals surface area contributed by atoms with Crippen LogP contribution < -0.4 is 21.3 Å². The molecule has 0 heterocycles. The van der Waals surface area contributed by atoms with E-state index in [1.54, 1.807) is 51.5 Å². The van der Waals surface area contributed by atoms with Crippen LogP contribution >= 0.6 is 0 Å². The second-order valence-corrected chi connectivity index (χ2v) is 15.6. The quantitative estimate of drug-likeness (QED) is 0.156. The van der Waals surface area contributed by atoms with Crippen molar-refractivity contribution in [2.75, 3.05) is 34.3 Å². The van der Waals surface area contributed by atoms with E-state index < -0.39 is 66.2 Å². The number of likely N-dealkylation sites (N-methyl/N-ethyl adjacent to an activating group) is 2. The number of benzene rings is 1. The molecule has 0 radical (unpaired) electrons. The summed E-state index contributed by atoms with van der Waals surface area (Å²) in [5.41, 5.74) is 0.560. The van der Waals surface area contributed by atoms with Gasteiger partial charge in [0.05, 0.1) is 19.2 Å². The van der Waals surface area contributed by atoms with Gasteiger partial charge in [-0.3, -0.25) is 28.8 Å². The van der Waals surface area contributed by atoms with Gasteiger partial charge in [-0.25, -0.2) is 4.79 Å². The third-order valence-electron chi connectivity index (χ3n) is 10.2. The van der Waals surface area contributed by atoms with Crippen molar-refractivity contribution in [2.45, 2.75) is 109 Å². The summed E-state index contributed by atoms with van der Waals surface area (Å²) in [5.74, 6) is -3.50. The van der Waals surface area contributed by atoms with Gasteiger partial charge in [-0.2, -0.15) is 0 Å². The van der Waals surface area contributed by atoms with E-state index in [1.807, 2.05) is 13.8 Å². The van der Waals surface area contributed by atoms with Crippen molar-refractivity contribution in [3.63, 3.8) is 0 Å². The highest BCUT2D eigenvalue weighted by atomic mass is 16.5.